The van der Waals surface area contributed by atoms with Crippen molar-refractivity contribution in [3.63, 3.8) is 0 Å². The van der Waals surface area contributed by atoms with E-state index in [-0.39, 0.29) is 0 Å². The van der Waals surface area contributed by atoms with Gasteiger partial charge in [0.05, 0.1) is 11.6 Å². The van der Waals surface area contributed by atoms with Crippen LogP contribution in [0.15, 0.2) is 12.1 Å². The van der Waals surface area contributed by atoms with Gasteiger partial charge >= 0.3 is 0 Å². The lowest BCUT2D eigenvalue weighted by Gasteiger charge is -2.36. The minimum absolute atomic E-state index is 0.588. The highest BCUT2D eigenvalue weighted by atomic mass is 15.2. The third kappa shape index (κ3) is 2.58. The predicted octanol–water partition coefficient (Wildman–Crippen LogP) is 3.03. The lowest BCUT2D eigenvalue weighted by molar-refractivity contribution is 0.446. The molecule has 0 aromatic carbocycles. The minimum atomic E-state index is 0.588. The van der Waals surface area contributed by atoms with Crippen LogP contribution in [-0.2, 0) is 0 Å². The first-order valence-corrected chi connectivity index (χ1v) is 6.40. The summed E-state index contributed by atoms with van der Waals surface area (Å²) in [4.78, 5) is 6.95. The monoisotopic (exact) mass is 229 g/mol. The number of nitrogens with zero attached hydrogens (tertiary/aromatic N) is 3. The molecule has 2 rings (SSSR count). The molecule has 0 amide bonds. The zero-order valence-electron chi connectivity index (χ0n) is 10.6. The lowest BCUT2D eigenvalue weighted by Crippen LogP contribution is -2.39. The Morgan fingerprint density at radius 2 is 2.29 bits per heavy atom. The van der Waals surface area contributed by atoms with Crippen LogP contribution in [0.3, 0.4) is 0 Å². The van der Waals surface area contributed by atoms with Crippen LogP contribution in [0.5, 0.6) is 0 Å². The molecule has 0 aliphatic carbocycles. The van der Waals surface area contributed by atoms with Gasteiger partial charge in [0, 0.05) is 18.3 Å². The fraction of sp³-hybridized carbons (Fsp3) is 0.571. The van der Waals surface area contributed by atoms with Gasteiger partial charge in [-0.1, -0.05) is 6.92 Å². The van der Waals surface area contributed by atoms with Crippen molar-refractivity contribution in [3.05, 3.63) is 23.4 Å². The number of pyridine rings is 1. The Bertz CT molecular complexity index is 434. The molecule has 2 heterocycles. The number of aryl methyl sites for hydroxylation is 1. The summed E-state index contributed by atoms with van der Waals surface area (Å²) in [5.74, 6) is 0.980. The van der Waals surface area contributed by atoms with E-state index in [2.05, 4.69) is 22.9 Å². The van der Waals surface area contributed by atoms with Crippen LogP contribution in [-0.4, -0.2) is 17.6 Å². The molecule has 0 N–H and O–H groups in total. The minimum Gasteiger partial charge on any atom is -0.354 e. The van der Waals surface area contributed by atoms with E-state index in [4.69, 9.17) is 5.26 Å². The van der Waals surface area contributed by atoms with Crippen LogP contribution >= 0.6 is 0 Å². The number of hydrogen-bond acceptors (Lipinski definition) is 3. The van der Waals surface area contributed by atoms with Gasteiger partial charge in [0.1, 0.15) is 5.82 Å². The molecule has 1 unspecified atom stereocenters. The SMILES string of the molecule is CCC1CCCCN1c1cc(C#N)cc(C)n1. The summed E-state index contributed by atoms with van der Waals surface area (Å²) in [7, 11) is 0. The van der Waals surface area contributed by atoms with Crippen molar-refractivity contribution >= 4 is 5.82 Å². The van der Waals surface area contributed by atoms with Crippen molar-refractivity contribution < 1.29 is 0 Å². The molecule has 0 radical (unpaired) electrons. The van der Waals surface area contributed by atoms with E-state index >= 15 is 0 Å². The van der Waals surface area contributed by atoms with E-state index < -0.39 is 0 Å². The number of hydrogen-bond donors (Lipinski definition) is 0. The van der Waals surface area contributed by atoms with Crippen LogP contribution < -0.4 is 4.90 Å². The van der Waals surface area contributed by atoms with Gasteiger partial charge in [-0.15, -0.1) is 0 Å². The van der Waals surface area contributed by atoms with Crippen LogP contribution in [0.25, 0.3) is 0 Å². The van der Waals surface area contributed by atoms with E-state index in [1.807, 2.05) is 19.1 Å². The molecule has 3 nitrogen and oxygen atoms in total. The first-order valence-electron chi connectivity index (χ1n) is 6.40. The molecule has 90 valence electrons. The van der Waals surface area contributed by atoms with Crippen molar-refractivity contribution in [1.29, 1.82) is 5.26 Å². The Morgan fingerprint density at radius 1 is 1.47 bits per heavy atom. The number of anilines is 1. The highest BCUT2D eigenvalue weighted by Gasteiger charge is 2.22. The van der Waals surface area contributed by atoms with Gasteiger partial charge in [-0.2, -0.15) is 5.26 Å². The summed E-state index contributed by atoms with van der Waals surface area (Å²) in [6.45, 7) is 5.25. The molecule has 1 fully saturated rings. The molecule has 1 saturated heterocycles. The molecule has 0 bridgehead atoms. The van der Waals surface area contributed by atoms with Crippen molar-refractivity contribution in [2.75, 3.05) is 11.4 Å². The maximum Gasteiger partial charge on any atom is 0.130 e. The smallest absolute Gasteiger partial charge is 0.130 e. The normalized spacial score (nSPS) is 20.1. The van der Waals surface area contributed by atoms with Gasteiger partial charge in [-0.3, -0.25) is 0 Å². The quantitative estimate of drug-likeness (QED) is 0.782. The van der Waals surface area contributed by atoms with Crippen LogP contribution in [0, 0.1) is 18.3 Å². The molecular formula is C14H19N3. The number of rotatable bonds is 2. The zero-order valence-corrected chi connectivity index (χ0v) is 10.6. The highest BCUT2D eigenvalue weighted by Crippen LogP contribution is 2.25. The maximum atomic E-state index is 9.01. The average molecular weight is 229 g/mol. The van der Waals surface area contributed by atoms with Crippen LogP contribution in [0.4, 0.5) is 5.82 Å². The fourth-order valence-electron chi connectivity index (χ4n) is 2.59. The first-order chi connectivity index (χ1) is 8.24. The molecule has 1 aromatic heterocycles. The van der Waals surface area contributed by atoms with Gasteiger partial charge in [-0.05, 0) is 44.7 Å². The topological polar surface area (TPSA) is 39.9 Å². The predicted molar refractivity (Wildman–Crippen MR) is 69.0 cm³/mol. The molecule has 1 aliphatic rings. The maximum absolute atomic E-state index is 9.01. The molecule has 3 heteroatoms. The Kier molecular flexibility index (Phi) is 3.63. The van der Waals surface area contributed by atoms with E-state index in [0.29, 0.717) is 11.6 Å². The summed E-state index contributed by atoms with van der Waals surface area (Å²) in [5, 5.41) is 9.01. The van der Waals surface area contributed by atoms with Crippen molar-refractivity contribution in [1.82, 2.24) is 4.98 Å². The summed E-state index contributed by atoms with van der Waals surface area (Å²) >= 11 is 0. The van der Waals surface area contributed by atoms with Crippen molar-refractivity contribution in [3.8, 4) is 6.07 Å². The Morgan fingerprint density at radius 3 is 3.00 bits per heavy atom. The van der Waals surface area contributed by atoms with Crippen molar-refractivity contribution in [2.45, 2.75) is 45.6 Å². The molecule has 17 heavy (non-hydrogen) atoms. The molecule has 1 aliphatic heterocycles. The Balaban J connectivity index is 2.31. The molecule has 0 spiro atoms. The largest absolute Gasteiger partial charge is 0.354 e. The van der Waals surface area contributed by atoms with Gasteiger partial charge in [-0.25, -0.2) is 4.98 Å². The second-order valence-corrected chi connectivity index (χ2v) is 4.72. The summed E-state index contributed by atoms with van der Waals surface area (Å²) < 4.78 is 0. The number of nitriles is 1. The van der Waals surface area contributed by atoms with Gasteiger partial charge in [0.2, 0.25) is 0 Å². The Labute approximate surface area is 103 Å². The Hall–Kier alpha value is -1.56. The fourth-order valence-corrected chi connectivity index (χ4v) is 2.59. The molecule has 1 aromatic rings. The summed E-state index contributed by atoms with van der Waals surface area (Å²) in [6, 6.07) is 6.56. The van der Waals surface area contributed by atoms with E-state index in [9.17, 15) is 0 Å². The first kappa shape index (κ1) is 11.9. The highest BCUT2D eigenvalue weighted by molar-refractivity contribution is 5.47. The number of aromatic nitrogens is 1. The summed E-state index contributed by atoms with van der Waals surface area (Å²) in [5.41, 5.74) is 1.65. The zero-order chi connectivity index (χ0) is 12.3. The molecule has 1 atom stereocenters. The lowest BCUT2D eigenvalue weighted by atomic mass is 10.00. The van der Waals surface area contributed by atoms with E-state index in [1.54, 1.807) is 0 Å². The van der Waals surface area contributed by atoms with E-state index in [1.165, 1.54) is 19.3 Å². The third-order valence-corrected chi connectivity index (χ3v) is 3.46. The molecule has 0 saturated carbocycles. The van der Waals surface area contributed by atoms with Gasteiger partial charge in [0.25, 0.3) is 0 Å². The number of piperidine rings is 1. The average Bonchev–Trinajstić information content (AvgIpc) is 2.37. The second-order valence-electron chi connectivity index (χ2n) is 4.72. The molecular weight excluding hydrogens is 210 g/mol. The summed E-state index contributed by atoms with van der Waals surface area (Å²) in [6.07, 6.45) is 4.94. The second kappa shape index (κ2) is 5.18. The van der Waals surface area contributed by atoms with Crippen LogP contribution in [0.2, 0.25) is 0 Å². The third-order valence-electron chi connectivity index (χ3n) is 3.46. The van der Waals surface area contributed by atoms with Gasteiger partial charge in [0.15, 0.2) is 0 Å². The van der Waals surface area contributed by atoms with Crippen LogP contribution in [0.1, 0.15) is 43.9 Å². The van der Waals surface area contributed by atoms with Gasteiger partial charge < -0.3 is 4.90 Å². The standard InChI is InChI=1S/C14H19N3/c1-3-13-6-4-5-7-17(13)14-9-12(10-15)8-11(2)16-14/h8-9,13H,3-7H2,1-2H3. The van der Waals surface area contributed by atoms with Crippen molar-refractivity contribution in [2.24, 2.45) is 0 Å². The van der Waals surface area contributed by atoms with E-state index in [0.717, 1.165) is 24.5 Å².